The number of aromatic nitrogens is 4. The molecule has 2 aromatic heterocycles. The van der Waals surface area contributed by atoms with Crippen molar-refractivity contribution >= 4 is 44.1 Å². The van der Waals surface area contributed by atoms with Crippen LogP contribution in [-0.2, 0) is 15.6 Å². The molecule has 0 unspecified atom stereocenters. The van der Waals surface area contributed by atoms with Gasteiger partial charge in [0.25, 0.3) is 0 Å². The molecule has 7 nitrogen and oxygen atoms in total. The smallest absolute Gasteiger partial charge is 0.188 e. The van der Waals surface area contributed by atoms with Gasteiger partial charge >= 0.3 is 0 Å². The quantitative estimate of drug-likeness (QED) is 0.454. The van der Waals surface area contributed by atoms with Crippen LogP contribution in [0.3, 0.4) is 0 Å². The average Bonchev–Trinajstić information content (AvgIpc) is 2.67. The molecule has 0 radical (unpaired) electrons. The lowest BCUT2D eigenvalue weighted by Crippen LogP contribution is -2.11. The van der Waals surface area contributed by atoms with Crippen LogP contribution in [0, 0.1) is 11.6 Å². The van der Waals surface area contributed by atoms with E-state index in [0.717, 1.165) is 12.1 Å². The fourth-order valence-corrected chi connectivity index (χ4v) is 4.39. The van der Waals surface area contributed by atoms with Gasteiger partial charge in [-0.15, -0.1) is 0 Å². The lowest BCUT2D eigenvalue weighted by molar-refractivity contribution is 0.574. The van der Waals surface area contributed by atoms with Crippen molar-refractivity contribution < 1.29 is 17.2 Å². The lowest BCUT2D eigenvalue weighted by Gasteiger charge is -2.12. The van der Waals surface area contributed by atoms with Crippen LogP contribution in [-0.4, -0.2) is 40.4 Å². The zero-order chi connectivity index (χ0) is 20.3. The van der Waals surface area contributed by atoms with E-state index >= 15 is 0 Å². The molecule has 3 aromatic rings. The third-order valence-electron chi connectivity index (χ3n) is 3.84. The molecule has 0 fully saturated rings. The van der Waals surface area contributed by atoms with Crippen molar-refractivity contribution in [2.75, 3.05) is 17.3 Å². The number of nitrogens with zero attached hydrogens (tertiary/aromatic N) is 4. The second-order valence-corrected chi connectivity index (χ2v) is 8.88. The molecule has 11 heteroatoms. The fourth-order valence-electron chi connectivity index (χ4n) is 2.59. The fraction of sp³-hybridized carbons (Fsp3) is 0.294. The molecule has 148 valence electrons. The molecular formula is C17H17F2N5O2S2. The van der Waals surface area contributed by atoms with E-state index in [2.05, 4.69) is 25.3 Å². The summed E-state index contributed by atoms with van der Waals surface area (Å²) >= 11 is 1.30. The van der Waals surface area contributed by atoms with Gasteiger partial charge in [0.15, 0.2) is 26.6 Å². The monoisotopic (exact) mass is 425 g/mol. The number of hydrogen-bond acceptors (Lipinski definition) is 8. The van der Waals surface area contributed by atoms with Gasteiger partial charge in [0.1, 0.15) is 28.9 Å². The Kier molecular flexibility index (Phi) is 6.04. The van der Waals surface area contributed by atoms with E-state index in [1.54, 1.807) is 13.2 Å². The Morgan fingerprint density at radius 2 is 1.96 bits per heavy atom. The van der Waals surface area contributed by atoms with Crippen LogP contribution >= 0.6 is 11.8 Å². The predicted octanol–water partition coefficient (Wildman–Crippen LogP) is 3.49. The maximum atomic E-state index is 14.9. The topological polar surface area (TPSA) is 97.7 Å². The molecule has 3 rings (SSSR count). The molecule has 2 heterocycles. The van der Waals surface area contributed by atoms with Crippen LogP contribution in [0.15, 0.2) is 29.8 Å². The van der Waals surface area contributed by atoms with Crippen LogP contribution in [0.1, 0.15) is 18.9 Å². The molecule has 1 N–H and O–H groups in total. The summed E-state index contributed by atoms with van der Waals surface area (Å²) in [6.45, 7) is 1.72. The highest BCUT2D eigenvalue weighted by Gasteiger charge is 2.20. The summed E-state index contributed by atoms with van der Waals surface area (Å²) in [5.74, 6) is -2.35. The highest BCUT2D eigenvalue weighted by Crippen LogP contribution is 2.29. The van der Waals surface area contributed by atoms with E-state index in [1.165, 1.54) is 24.3 Å². The van der Waals surface area contributed by atoms with E-state index in [4.69, 9.17) is 0 Å². The first-order valence-electron chi connectivity index (χ1n) is 8.30. The third kappa shape index (κ3) is 4.36. The first-order valence-corrected chi connectivity index (χ1v) is 11.3. The Bertz CT molecular complexity index is 1130. The van der Waals surface area contributed by atoms with Crippen molar-refractivity contribution in [2.45, 2.75) is 24.3 Å². The number of rotatable bonds is 7. The van der Waals surface area contributed by atoms with Gasteiger partial charge in [0.2, 0.25) is 0 Å². The SMILES string of the molecule is CCCS(=O)(=O)Cc1ccc(F)c(Nc2ncnc3cnc(SC)nc23)c1F. The minimum absolute atomic E-state index is 0.0719. The number of halogens is 2. The Morgan fingerprint density at radius 1 is 1.18 bits per heavy atom. The molecule has 0 amide bonds. The normalized spacial score (nSPS) is 11.7. The molecule has 28 heavy (non-hydrogen) atoms. The van der Waals surface area contributed by atoms with E-state index < -0.39 is 32.9 Å². The molecular weight excluding hydrogens is 408 g/mol. The van der Waals surface area contributed by atoms with E-state index in [9.17, 15) is 17.2 Å². The Balaban J connectivity index is 2.03. The van der Waals surface area contributed by atoms with Crippen molar-refractivity contribution in [3.63, 3.8) is 0 Å². The maximum Gasteiger partial charge on any atom is 0.188 e. The summed E-state index contributed by atoms with van der Waals surface area (Å²) in [6.07, 6.45) is 4.91. The second-order valence-electron chi connectivity index (χ2n) is 5.93. The molecule has 0 atom stereocenters. The van der Waals surface area contributed by atoms with Gasteiger partial charge in [-0.3, -0.25) is 0 Å². The molecule has 0 aliphatic rings. The van der Waals surface area contributed by atoms with Gasteiger partial charge in [-0.1, -0.05) is 24.8 Å². The number of sulfone groups is 1. The van der Waals surface area contributed by atoms with E-state index in [0.29, 0.717) is 22.6 Å². The molecule has 0 spiro atoms. The number of nitrogens with one attached hydrogen (secondary N) is 1. The first kappa shape index (κ1) is 20.3. The molecule has 0 saturated heterocycles. The summed E-state index contributed by atoms with van der Waals surface area (Å²) < 4.78 is 53.3. The maximum absolute atomic E-state index is 14.9. The van der Waals surface area contributed by atoms with Crippen molar-refractivity contribution in [1.82, 2.24) is 19.9 Å². The van der Waals surface area contributed by atoms with Crippen LogP contribution in [0.25, 0.3) is 11.0 Å². The van der Waals surface area contributed by atoms with Crippen molar-refractivity contribution in [3.8, 4) is 0 Å². The van der Waals surface area contributed by atoms with Gasteiger partial charge in [-0.2, -0.15) is 0 Å². The molecule has 1 aromatic carbocycles. The number of anilines is 2. The van der Waals surface area contributed by atoms with E-state index in [1.807, 2.05) is 0 Å². The Morgan fingerprint density at radius 3 is 2.68 bits per heavy atom. The van der Waals surface area contributed by atoms with Crippen LogP contribution < -0.4 is 5.32 Å². The van der Waals surface area contributed by atoms with E-state index in [-0.39, 0.29) is 17.1 Å². The van der Waals surface area contributed by atoms with Gasteiger partial charge in [-0.05, 0) is 18.7 Å². The highest BCUT2D eigenvalue weighted by molar-refractivity contribution is 7.98. The van der Waals surface area contributed by atoms with Crippen LogP contribution in [0.2, 0.25) is 0 Å². The second kappa shape index (κ2) is 8.31. The summed E-state index contributed by atoms with van der Waals surface area (Å²) in [7, 11) is -3.49. The summed E-state index contributed by atoms with van der Waals surface area (Å²) in [5, 5.41) is 3.05. The molecule has 0 saturated carbocycles. The zero-order valence-corrected chi connectivity index (χ0v) is 16.7. The molecule has 0 bridgehead atoms. The Hall–Kier alpha value is -2.40. The van der Waals surface area contributed by atoms with Crippen molar-refractivity contribution in [2.24, 2.45) is 0 Å². The number of hydrogen-bond donors (Lipinski definition) is 1. The number of benzene rings is 1. The largest absolute Gasteiger partial charge is 0.333 e. The highest BCUT2D eigenvalue weighted by atomic mass is 32.2. The van der Waals surface area contributed by atoms with Crippen molar-refractivity contribution in [1.29, 1.82) is 0 Å². The molecule has 0 aliphatic carbocycles. The summed E-state index contributed by atoms with van der Waals surface area (Å²) in [5.41, 5.74) is 0.0890. The minimum Gasteiger partial charge on any atom is -0.333 e. The zero-order valence-electron chi connectivity index (χ0n) is 15.1. The summed E-state index contributed by atoms with van der Waals surface area (Å²) in [6, 6.07) is 2.16. The van der Waals surface area contributed by atoms with Crippen LogP contribution in [0.5, 0.6) is 0 Å². The number of fused-ring (bicyclic) bond motifs is 1. The minimum atomic E-state index is -3.49. The Labute approximate surface area is 165 Å². The third-order valence-corrected chi connectivity index (χ3v) is 6.19. The summed E-state index contributed by atoms with van der Waals surface area (Å²) in [4.78, 5) is 16.4. The van der Waals surface area contributed by atoms with Crippen molar-refractivity contribution in [3.05, 3.63) is 41.9 Å². The first-order chi connectivity index (χ1) is 13.3. The number of thioether (sulfide) groups is 1. The standard InChI is InChI=1S/C17H17F2N5O2S2/c1-3-6-28(25,26)8-10-4-5-11(18)14(13(10)19)23-16-15-12(21-9-22-16)7-20-17(24-15)27-2/h4-5,7,9H,3,6,8H2,1-2H3,(H,21,22,23). The van der Waals surface area contributed by atoms with Gasteiger partial charge in [0, 0.05) is 5.56 Å². The van der Waals surface area contributed by atoms with Crippen LogP contribution in [0.4, 0.5) is 20.3 Å². The van der Waals surface area contributed by atoms with Gasteiger partial charge in [0.05, 0.1) is 17.7 Å². The molecule has 0 aliphatic heterocycles. The predicted molar refractivity (Wildman–Crippen MR) is 104 cm³/mol. The van der Waals surface area contributed by atoms with Gasteiger partial charge < -0.3 is 5.32 Å². The average molecular weight is 425 g/mol. The van der Waals surface area contributed by atoms with Gasteiger partial charge in [-0.25, -0.2) is 37.1 Å². The lowest BCUT2D eigenvalue weighted by atomic mass is 10.2.